The lowest BCUT2D eigenvalue weighted by Crippen LogP contribution is -2.56. The van der Waals surface area contributed by atoms with Crippen LogP contribution in [-0.4, -0.2) is 72.3 Å². The second-order valence-electron chi connectivity index (χ2n) is 9.82. The van der Waals surface area contributed by atoms with Crippen LogP contribution in [-0.2, 0) is 22.6 Å². The molecule has 1 saturated carbocycles. The molecule has 2 aromatic rings. The second kappa shape index (κ2) is 11.7. The number of hydrogen-bond donors (Lipinski definition) is 2. The standard InChI is InChI=1S/C26H31ClFN5O3S/c1-32(2)26(36)16-6-9-19(29-23(34)18(28)12-15-4-7-17(27)8-5-15)21(13-16)30-24(35)25-31-20-10-11-33(3)14-22(20)37-25/h4-5,7-8,12,16,19,21H,6,9-11,13-14H2,1-3H3,(H,29,34)(H,30,35)/b18-12-/t16-,19-,21+/m0/s1. The lowest BCUT2D eigenvalue weighted by Gasteiger charge is -2.37. The zero-order valence-electron chi connectivity index (χ0n) is 21.1. The highest BCUT2D eigenvalue weighted by atomic mass is 35.5. The maximum Gasteiger partial charge on any atom is 0.280 e. The smallest absolute Gasteiger partial charge is 0.280 e. The number of nitrogens with one attached hydrogen (secondary N) is 2. The summed E-state index contributed by atoms with van der Waals surface area (Å²) < 4.78 is 14.7. The Bertz CT molecular complexity index is 1200. The second-order valence-corrected chi connectivity index (χ2v) is 11.3. The number of likely N-dealkylation sites (N-methyl/N-ethyl adjacent to an activating group) is 1. The zero-order valence-corrected chi connectivity index (χ0v) is 22.7. The van der Waals surface area contributed by atoms with Gasteiger partial charge in [0, 0.05) is 55.5 Å². The van der Waals surface area contributed by atoms with Crippen molar-refractivity contribution < 1.29 is 18.8 Å². The van der Waals surface area contributed by atoms with Crippen LogP contribution in [0.4, 0.5) is 4.39 Å². The van der Waals surface area contributed by atoms with Crippen LogP contribution in [0, 0.1) is 5.92 Å². The highest BCUT2D eigenvalue weighted by Crippen LogP contribution is 2.28. The van der Waals surface area contributed by atoms with Crippen LogP contribution >= 0.6 is 22.9 Å². The number of thiazole rings is 1. The third-order valence-electron chi connectivity index (χ3n) is 6.77. The van der Waals surface area contributed by atoms with E-state index in [0.717, 1.165) is 36.2 Å². The van der Waals surface area contributed by atoms with Gasteiger partial charge in [0.2, 0.25) is 5.91 Å². The summed E-state index contributed by atoms with van der Waals surface area (Å²) in [4.78, 5) is 47.8. The van der Waals surface area contributed by atoms with Gasteiger partial charge in [-0.25, -0.2) is 9.37 Å². The van der Waals surface area contributed by atoms with E-state index in [-0.39, 0.29) is 17.7 Å². The number of carbonyl (C=O) groups excluding carboxylic acids is 3. The van der Waals surface area contributed by atoms with Gasteiger partial charge in [-0.05, 0) is 50.1 Å². The minimum atomic E-state index is -0.949. The molecule has 198 valence electrons. The van der Waals surface area contributed by atoms with Gasteiger partial charge in [-0.2, -0.15) is 0 Å². The van der Waals surface area contributed by atoms with E-state index in [4.69, 9.17) is 11.6 Å². The largest absolute Gasteiger partial charge is 0.349 e. The van der Waals surface area contributed by atoms with E-state index >= 15 is 0 Å². The van der Waals surface area contributed by atoms with Crippen molar-refractivity contribution in [3.05, 3.63) is 56.3 Å². The van der Waals surface area contributed by atoms with Crippen molar-refractivity contribution >= 4 is 46.7 Å². The number of amides is 3. The maximum absolute atomic E-state index is 14.7. The van der Waals surface area contributed by atoms with E-state index < -0.39 is 23.8 Å². The van der Waals surface area contributed by atoms with Crippen molar-refractivity contribution in [2.45, 2.75) is 44.3 Å². The average molecular weight is 548 g/mol. The number of nitrogens with zero attached hydrogens (tertiary/aromatic N) is 3. The number of aromatic nitrogens is 1. The predicted octanol–water partition coefficient (Wildman–Crippen LogP) is 3.27. The number of halogens is 2. The molecule has 0 saturated heterocycles. The van der Waals surface area contributed by atoms with E-state index in [0.29, 0.717) is 34.9 Å². The van der Waals surface area contributed by atoms with Crippen LogP contribution in [0.5, 0.6) is 0 Å². The zero-order chi connectivity index (χ0) is 26.7. The molecule has 37 heavy (non-hydrogen) atoms. The van der Waals surface area contributed by atoms with Crippen molar-refractivity contribution in [2.75, 3.05) is 27.7 Å². The summed E-state index contributed by atoms with van der Waals surface area (Å²) in [6.07, 6.45) is 3.21. The number of benzene rings is 1. The van der Waals surface area contributed by atoms with E-state index in [1.807, 2.05) is 7.05 Å². The minimum Gasteiger partial charge on any atom is -0.349 e. The van der Waals surface area contributed by atoms with E-state index in [2.05, 4.69) is 20.5 Å². The highest BCUT2D eigenvalue weighted by molar-refractivity contribution is 7.13. The molecule has 4 rings (SSSR count). The van der Waals surface area contributed by atoms with Gasteiger partial charge in [-0.15, -0.1) is 11.3 Å². The van der Waals surface area contributed by atoms with Crippen molar-refractivity contribution in [1.82, 2.24) is 25.4 Å². The lowest BCUT2D eigenvalue weighted by atomic mass is 9.81. The Labute approximate surface area is 224 Å². The third kappa shape index (κ3) is 6.74. The molecular weight excluding hydrogens is 517 g/mol. The molecule has 1 aliphatic carbocycles. The van der Waals surface area contributed by atoms with Crippen LogP contribution in [0.2, 0.25) is 5.02 Å². The fourth-order valence-corrected chi connectivity index (χ4v) is 5.97. The molecule has 8 nitrogen and oxygen atoms in total. The van der Waals surface area contributed by atoms with Crippen LogP contribution < -0.4 is 10.6 Å². The first-order chi connectivity index (χ1) is 17.6. The Morgan fingerprint density at radius 3 is 2.59 bits per heavy atom. The minimum absolute atomic E-state index is 0.0365. The summed E-state index contributed by atoms with van der Waals surface area (Å²) in [7, 11) is 5.41. The molecule has 3 atom stereocenters. The van der Waals surface area contributed by atoms with Crippen molar-refractivity contribution in [3.63, 3.8) is 0 Å². The quantitative estimate of drug-likeness (QED) is 0.541. The first kappa shape index (κ1) is 27.2. The highest BCUT2D eigenvalue weighted by Gasteiger charge is 2.37. The fraction of sp³-hybridized carbons (Fsp3) is 0.462. The molecule has 1 fully saturated rings. The van der Waals surface area contributed by atoms with Gasteiger partial charge >= 0.3 is 0 Å². The average Bonchev–Trinajstić information content (AvgIpc) is 3.29. The SMILES string of the molecule is CN1CCc2nc(C(=O)N[C@@H]3C[C@@H](C(=O)N(C)C)CC[C@@H]3NC(=O)/C(F)=C/c3ccc(Cl)cc3)sc2C1. The third-order valence-corrected chi connectivity index (χ3v) is 8.10. The number of carbonyl (C=O) groups is 3. The molecule has 0 radical (unpaired) electrons. The first-order valence-corrected chi connectivity index (χ1v) is 13.4. The van der Waals surface area contributed by atoms with Crippen LogP contribution in [0.15, 0.2) is 30.1 Å². The summed E-state index contributed by atoms with van der Waals surface area (Å²) in [6, 6.07) is 5.37. The molecule has 0 spiro atoms. The molecule has 2 heterocycles. The van der Waals surface area contributed by atoms with Gasteiger partial charge in [-0.1, -0.05) is 23.7 Å². The topological polar surface area (TPSA) is 94.6 Å². The molecular formula is C26H31ClFN5O3S. The normalized spacial score (nSPS) is 22.2. The maximum atomic E-state index is 14.7. The molecule has 1 aliphatic heterocycles. The molecule has 11 heteroatoms. The summed E-state index contributed by atoms with van der Waals surface area (Å²) in [5.74, 6) is -2.51. The Morgan fingerprint density at radius 2 is 1.89 bits per heavy atom. The van der Waals surface area contributed by atoms with Gasteiger partial charge in [0.25, 0.3) is 11.8 Å². The molecule has 0 bridgehead atoms. The molecule has 0 unspecified atom stereocenters. The van der Waals surface area contributed by atoms with Crippen LogP contribution in [0.1, 0.15) is 45.2 Å². The summed E-state index contributed by atoms with van der Waals surface area (Å²) >= 11 is 7.23. The van der Waals surface area contributed by atoms with Gasteiger partial charge in [0.05, 0.1) is 11.7 Å². The molecule has 3 amide bonds. The predicted molar refractivity (Wildman–Crippen MR) is 142 cm³/mol. The van der Waals surface area contributed by atoms with Gasteiger partial charge in [0.1, 0.15) is 0 Å². The Balaban J connectivity index is 1.49. The molecule has 1 aromatic heterocycles. The Morgan fingerprint density at radius 1 is 1.16 bits per heavy atom. The number of hydrogen-bond acceptors (Lipinski definition) is 6. The van der Waals surface area contributed by atoms with E-state index in [9.17, 15) is 18.8 Å². The van der Waals surface area contributed by atoms with Crippen molar-refractivity contribution in [1.29, 1.82) is 0 Å². The number of fused-ring (bicyclic) bond motifs is 1. The Hall–Kier alpha value is -2.82. The monoisotopic (exact) mass is 547 g/mol. The van der Waals surface area contributed by atoms with Gasteiger partial charge in [0.15, 0.2) is 10.8 Å². The van der Waals surface area contributed by atoms with Crippen molar-refractivity contribution in [3.8, 4) is 0 Å². The van der Waals surface area contributed by atoms with Gasteiger partial charge < -0.3 is 20.4 Å². The van der Waals surface area contributed by atoms with E-state index in [1.54, 1.807) is 38.4 Å². The fourth-order valence-electron chi connectivity index (χ4n) is 4.75. The van der Waals surface area contributed by atoms with Crippen LogP contribution in [0.25, 0.3) is 6.08 Å². The molecule has 2 N–H and O–H groups in total. The number of rotatable bonds is 6. The first-order valence-electron chi connectivity index (χ1n) is 12.2. The summed E-state index contributed by atoms with van der Waals surface area (Å²) in [5, 5.41) is 6.59. The Kier molecular flexibility index (Phi) is 8.61. The summed E-state index contributed by atoms with van der Waals surface area (Å²) in [5.41, 5.74) is 1.44. The lowest BCUT2D eigenvalue weighted by molar-refractivity contribution is -0.134. The molecule has 2 aliphatic rings. The van der Waals surface area contributed by atoms with Crippen LogP contribution in [0.3, 0.4) is 0 Å². The van der Waals surface area contributed by atoms with E-state index in [1.165, 1.54) is 16.2 Å². The summed E-state index contributed by atoms with van der Waals surface area (Å²) in [6.45, 7) is 1.64. The van der Waals surface area contributed by atoms with Crippen molar-refractivity contribution in [2.24, 2.45) is 5.92 Å². The molecule has 1 aromatic carbocycles. The van der Waals surface area contributed by atoms with Gasteiger partial charge in [-0.3, -0.25) is 14.4 Å².